The molecule has 41 heavy (non-hydrogen) atoms. The highest BCUT2D eigenvalue weighted by molar-refractivity contribution is 5.97. The summed E-state index contributed by atoms with van der Waals surface area (Å²) < 4.78 is 14.9. The maximum atomic E-state index is 14.9. The molecule has 5 heterocycles. The first-order valence-electron chi connectivity index (χ1n) is 14.0. The lowest BCUT2D eigenvalue weighted by atomic mass is 9.94. The molecule has 1 aliphatic carbocycles. The third-order valence-corrected chi connectivity index (χ3v) is 7.81. The molecule has 5 aromatic rings. The maximum Gasteiger partial charge on any atom is 0.181 e. The number of allylic oxidation sites excluding steroid dienone is 2. The number of hydrogen-bond acceptors (Lipinski definition) is 7. The molecular formula is C31H32FN9. The van der Waals surface area contributed by atoms with Gasteiger partial charge < -0.3 is 15.2 Å². The molecule has 9 nitrogen and oxygen atoms in total. The van der Waals surface area contributed by atoms with Crippen LogP contribution in [0.5, 0.6) is 0 Å². The van der Waals surface area contributed by atoms with Crippen molar-refractivity contribution in [3.63, 3.8) is 0 Å². The van der Waals surface area contributed by atoms with Gasteiger partial charge >= 0.3 is 0 Å². The molecule has 1 fully saturated rings. The minimum Gasteiger partial charge on any atom is -0.337 e. The average molecular weight is 550 g/mol. The van der Waals surface area contributed by atoms with Gasteiger partial charge in [-0.3, -0.25) is 15.0 Å². The summed E-state index contributed by atoms with van der Waals surface area (Å²) in [5.74, 6) is 0.564. The Balaban J connectivity index is 1.26. The predicted octanol–water partition coefficient (Wildman–Crippen LogP) is 4.54. The van der Waals surface area contributed by atoms with E-state index in [4.69, 9.17) is 4.98 Å². The van der Waals surface area contributed by atoms with Gasteiger partial charge in [0, 0.05) is 80.5 Å². The van der Waals surface area contributed by atoms with Gasteiger partial charge in [-0.1, -0.05) is 18.2 Å². The van der Waals surface area contributed by atoms with Crippen LogP contribution in [0.15, 0.2) is 66.9 Å². The Hall–Kier alpha value is -4.25. The van der Waals surface area contributed by atoms with Crippen LogP contribution in [0.3, 0.4) is 0 Å². The SMILES string of the molecule is CN(C)Cc1cncc(-c2cnc3n[nH]c(-c4nc5c(C6=CC(N7CCNCC7)CC(F)=C6)cccc5[nH]4)c3c2)c1. The standard InChI is InChI=1S/C31H32FN9/c1-40(2)18-19-10-21(16-34-15-19)22-13-26-29(38-39-30(26)35-17-22)31-36-27-5-3-4-25(28(27)37-31)20-11-23(32)14-24(12-20)41-8-6-33-7-9-41/h3-5,10-13,15-17,24,33H,6-9,14,18H2,1-2H3,(H,36,37)(H,35,38,39). The van der Waals surface area contributed by atoms with E-state index in [1.807, 2.05) is 50.9 Å². The van der Waals surface area contributed by atoms with Gasteiger partial charge in [-0.15, -0.1) is 0 Å². The van der Waals surface area contributed by atoms with Crippen LogP contribution in [0.1, 0.15) is 17.5 Å². The number of nitrogens with zero attached hydrogens (tertiary/aromatic N) is 6. The molecule has 0 saturated carbocycles. The van der Waals surface area contributed by atoms with E-state index in [2.05, 4.69) is 58.5 Å². The van der Waals surface area contributed by atoms with Crippen molar-refractivity contribution in [2.45, 2.75) is 19.0 Å². The van der Waals surface area contributed by atoms with E-state index in [9.17, 15) is 4.39 Å². The number of pyridine rings is 2. The fraction of sp³-hybridized carbons (Fsp3) is 0.290. The number of H-pyrrole nitrogens is 2. The van der Waals surface area contributed by atoms with Gasteiger partial charge in [-0.2, -0.15) is 5.10 Å². The van der Waals surface area contributed by atoms with E-state index in [0.29, 0.717) is 17.9 Å². The summed E-state index contributed by atoms with van der Waals surface area (Å²) in [6, 6.07) is 10.3. The third-order valence-electron chi connectivity index (χ3n) is 7.81. The summed E-state index contributed by atoms with van der Waals surface area (Å²) in [6.07, 6.45) is 9.83. The average Bonchev–Trinajstić information content (AvgIpc) is 3.61. The van der Waals surface area contributed by atoms with Crippen LogP contribution in [-0.2, 0) is 6.54 Å². The number of halogens is 1. The van der Waals surface area contributed by atoms with E-state index >= 15 is 0 Å². The van der Waals surface area contributed by atoms with Gasteiger partial charge in [-0.05, 0) is 49.5 Å². The Morgan fingerprint density at radius 1 is 1.07 bits per heavy atom. The highest BCUT2D eigenvalue weighted by Crippen LogP contribution is 2.34. The molecule has 7 rings (SSSR count). The van der Waals surface area contributed by atoms with Gasteiger partial charge in [0.05, 0.1) is 16.4 Å². The molecule has 1 aromatic carbocycles. The summed E-state index contributed by atoms with van der Waals surface area (Å²) in [7, 11) is 4.08. The Bertz CT molecular complexity index is 1790. The fourth-order valence-electron chi connectivity index (χ4n) is 5.88. The normalized spacial score (nSPS) is 18.3. The summed E-state index contributed by atoms with van der Waals surface area (Å²) in [4.78, 5) is 22.0. The van der Waals surface area contributed by atoms with Crippen molar-refractivity contribution in [1.29, 1.82) is 0 Å². The maximum absolute atomic E-state index is 14.9. The number of rotatable bonds is 6. The lowest BCUT2D eigenvalue weighted by Crippen LogP contribution is -2.48. The first kappa shape index (κ1) is 25.7. The zero-order valence-electron chi connectivity index (χ0n) is 23.2. The van der Waals surface area contributed by atoms with Crippen molar-refractivity contribution in [2.24, 2.45) is 0 Å². The molecule has 1 saturated heterocycles. The largest absolute Gasteiger partial charge is 0.337 e. The van der Waals surface area contributed by atoms with Crippen molar-refractivity contribution in [1.82, 2.24) is 45.2 Å². The van der Waals surface area contributed by atoms with Crippen LogP contribution in [0, 0.1) is 0 Å². The molecule has 3 N–H and O–H groups in total. The number of imidazole rings is 1. The van der Waals surface area contributed by atoms with E-state index < -0.39 is 0 Å². The van der Waals surface area contributed by atoms with Crippen molar-refractivity contribution in [2.75, 3.05) is 40.3 Å². The highest BCUT2D eigenvalue weighted by Gasteiger charge is 2.25. The molecular weight excluding hydrogens is 517 g/mol. The Labute approximate surface area is 237 Å². The Morgan fingerprint density at radius 2 is 1.93 bits per heavy atom. The van der Waals surface area contributed by atoms with Crippen molar-refractivity contribution in [3.8, 4) is 22.6 Å². The number of aromatic nitrogens is 6. The lowest BCUT2D eigenvalue weighted by Gasteiger charge is -2.34. The Kier molecular flexibility index (Phi) is 6.66. The second kappa shape index (κ2) is 10.6. The summed E-state index contributed by atoms with van der Waals surface area (Å²) >= 11 is 0. The molecule has 1 atom stereocenters. The summed E-state index contributed by atoms with van der Waals surface area (Å²) in [6.45, 7) is 4.49. The number of hydrogen-bond donors (Lipinski definition) is 3. The monoisotopic (exact) mass is 549 g/mol. The Morgan fingerprint density at radius 3 is 2.78 bits per heavy atom. The topological polar surface area (TPSA) is 102 Å². The van der Waals surface area contributed by atoms with Gasteiger partial charge in [0.15, 0.2) is 11.5 Å². The minimum atomic E-state index is -0.0962. The van der Waals surface area contributed by atoms with Crippen molar-refractivity contribution >= 4 is 27.6 Å². The summed E-state index contributed by atoms with van der Waals surface area (Å²) in [5, 5.41) is 11.8. The molecule has 10 heteroatoms. The van der Waals surface area contributed by atoms with E-state index in [1.54, 1.807) is 6.08 Å². The van der Waals surface area contributed by atoms with Gasteiger partial charge in [0.2, 0.25) is 0 Å². The smallest absolute Gasteiger partial charge is 0.181 e. The second-order valence-electron chi connectivity index (χ2n) is 11.1. The van der Waals surface area contributed by atoms with Gasteiger partial charge in [0.1, 0.15) is 11.5 Å². The minimum absolute atomic E-state index is 0.0394. The quantitative estimate of drug-likeness (QED) is 0.286. The van der Waals surface area contributed by atoms with E-state index in [1.165, 1.54) is 0 Å². The molecule has 1 unspecified atom stereocenters. The van der Waals surface area contributed by atoms with Gasteiger partial charge in [0.25, 0.3) is 0 Å². The van der Waals surface area contributed by atoms with Crippen LogP contribution < -0.4 is 5.32 Å². The number of para-hydroxylation sites is 1. The predicted molar refractivity (Wildman–Crippen MR) is 160 cm³/mol. The number of benzene rings is 1. The van der Waals surface area contributed by atoms with Crippen LogP contribution >= 0.6 is 0 Å². The number of piperazine rings is 1. The molecule has 2 aliphatic rings. The molecule has 0 amide bonds. The van der Waals surface area contributed by atoms with Crippen molar-refractivity contribution < 1.29 is 4.39 Å². The molecule has 208 valence electrons. The van der Waals surface area contributed by atoms with Crippen molar-refractivity contribution in [3.05, 3.63) is 78.0 Å². The van der Waals surface area contributed by atoms with Crippen LogP contribution in [0.25, 0.3) is 50.3 Å². The fourth-order valence-corrected chi connectivity index (χ4v) is 5.88. The first-order chi connectivity index (χ1) is 20.0. The van der Waals surface area contributed by atoms with E-state index in [0.717, 1.165) is 82.7 Å². The molecule has 0 radical (unpaired) electrons. The second-order valence-corrected chi connectivity index (χ2v) is 11.1. The number of aromatic amines is 2. The molecule has 1 aliphatic heterocycles. The van der Waals surface area contributed by atoms with Crippen LogP contribution in [-0.4, -0.2) is 86.2 Å². The molecule has 0 bridgehead atoms. The molecule has 0 spiro atoms. The zero-order chi connectivity index (χ0) is 27.9. The zero-order valence-corrected chi connectivity index (χ0v) is 23.2. The lowest BCUT2D eigenvalue weighted by molar-refractivity contribution is 0.195. The van der Waals surface area contributed by atoms with E-state index in [-0.39, 0.29) is 11.9 Å². The highest BCUT2D eigenvalue weighted by atomic mass is 19.1. The van der Waals surface area contributed by atoms with Crippen LogP contribution in [0.4, 0.5) is 4.39 Å². The van der Waals surface area contributed by atoms with Crippen LogP contribution in [0.2, 0.25) is 0 Å². The number of fused-ring (bicyclic) bond motifs is 2. The molecule has 4 aromatic heterocycles. The number of nitrogens with one attached hydrogen (secondary N) is 3. The van der Waals surface area contributed by atoms with Gasteiger partial charge in [-0.25, -0.2) is 14.4 Å². The third kappa shape index (κ3) is 5.06. The summed E-state index contributed by atoms with van der Waals surface area (Å²) in [5.41, 5.74) is 7.90. The first-order valence-corrected chi connectivity index (χ1v) is 14.0.